The van der Waals surface area contributed by atoms with E-state index in [1.165, 1.54) is 0 Å². The van der Waals surface area contributed by atoms with Crippen molar-refractivity contribution >= 4 is 23.6 Å². The number of carbonyl (C=O) groups is 2. The summed E-state index contributed by atoms with van der Waals surface area (Å²) in [5, 5.41) is 26.9. The Morgan fingerprint density at radius 2 is 1.35 bits per heavy atom. The van der Waals surface area contributed by atoms with Gasteiger partial charge in [0.05, 0.1) is 0 Å². The average molecular weight is 332 g/mol. The molecule has 0 bridgehead atoms. The zero-order valence-corrected chi connectivity index (χ0v) is 11.5. The number of rotatable bonds is 4. The summed E-state index contributed by atoms with van der Waals surface area (Å²) in [5.74, 6) is -3.41. The Bertz CT molecular complexity index is 618. The van der Waals surface area contributed by atoms with Crippen LogP contribution in [0.3, 0.4) is 0 Å². The molecule has 0 aliphatic carbocycles. The Kier molecular flexibility index (Phi) is 3.93. The second-order valence-electron chi connectivity index (χ2n) is 4.08. The minimum atomic E-state index is -1.99. The number of nitro groups is 2. The van der Waals surface area contributed by atoms with Crippen molar-refractivity contribution in [2.45, 2.75) is 26.3 Å². The van der Waals surface area contributed by atoms with Crippen molar-refractivity contribution in [3.63, 3.8) is 0 Å². The lowest BCUT2D eigenvalue weighted by Gasteiger charge is -2.33. The van der Waals surface area contributed by atoms with E-state index in [-0.39, 0.29) is 10.0 Å². The van der Waals surface area contributed by atoms with Crippen LogP contribution in [-0.4, -0.2) is 44.8 Å². The van der Waals surface area contributed by atoms with Crippen molar-refractivity contribution in [3.05, 3.63) is 20.2 Å². The Balaban J connectivity index is 2.62. The molecule has 2 heterocycles. The van der Waals surface area contributed by atoms with Crippen molar-refractivity contribution in [1.82, 2.24) is 10.3 Å². The average Bonchev–Trinajstić information content (AvgIpc) is 2.85. The second-order valence-corrected chi connectivity index (χ2v) is 4.08. The molecule has 0 saturated carbocycles. The molecular weight excluding hydrogens is 324 g/mol. The molecule has 1 aromatic heterocycles. The van der Waals surface area contributed by atoms with Crippen molar-refractivity contribution in [2.75, 3.05) is 10.0 Å². The fourth-order valence-electron chi connectivity index (χ4n) is 1.85. The van der Waals surface area contributed by atoms with Gasteiger partial charge in [0.15, 0.2) is 10.1 Å². The topological polar surface area (TPSA) is 184 Å². The number of nitrogens with zero attached hydrogens (tertiary/aromatic N) is 6. The van der Waals surface area contributed by atoms with Crippen LogP contribution in [0.2, 0.25) is 0 Å². The van der Waals surface area contributed by atoms with Gasteiger partial charge in [0.1, 0.15) is 0 Å². The van der Waals surface area contributed by atoms with Crippen molar-refractivity contribution in [1.29, 1.82) is 0 Å². The highest BCUT2D eigenvalue weighted by molar-refractivity contribution is 5.70. The number of hydrazine groups is 2. The summed E-state index contributed by atoms with van der Waals surface area (Å²) in [6.07, 6.45) is -3.98. The predicted molar refractivity (Wildman–Crippen MR) is 64.4 cm³/mol. The van der Waals surface area contributed by atoms with Gasteiger partial charge in [0.25, 0.3) is 24.1 Å². The van der Waals surface area contributed by atoms with Gasteiger partial charge in [-0.2, -0.15) is 0 Å². The van der Waals surface area contributed by atoms with Gasteiger partial charge < -0.3 is 9.47 Å². The molecule has 0 fully saturated rings. The van der Waals surface area contributed by atoms with Crippen LogP contribution in [0.4, 0.5) is 11.6 Å². The standard InChI is InChI=1S/C8H8N6O9/c1-3(15)21-7-8(22-4(2)16)12(14(19)20)6-5(9-23-10-6)11(7)13(17)18/h7-8H,1-2H3/t7-,8-/m1/s1. The van der Waals surface area contributed by atoms with Crippen LogP contribution in [0.1, 0.15) is 13.8 Å². The van der Waals surface area contributed by atoms with Crippen LogP contribution >= 0.6 is 0 Å². The van der Waals surface area contributed by atoms with E-state index < -0.39 is 46.1 Å². The lowest BCUT2D eigenvalue weighted by Crippen LogP contribution is -2.62. The molecule has 0 amide bonds. The van der Waals surface area contributed by atoms with Gasteiger partial charge in [-0.1, -0.05) is 0 Å². The SMILES string of the molecule is CC(=O)O[C@@H]1[C@@H](OC(C)=O)N([N+](=O)[O-])c2nonc2N1[N+](=O)[O-]. The molecule has 0 spiro atoms. The highest BCUT2D eigenvalue weighted by Gasteiger charge is 2.58. The van der Waals surface area contributed by atoms with Crippen LogP contribution in [0, 0.1) is 20.2 Å². The number of esters is 2. The van der Waals surface area contributed by atoms with Crippen molar-refractivity contribution < 1.29 is 33.8 Å². The van der Waals surface area contributed by atoms with Crippen LogP contribution in [0.25, 0.3) is 0 Å². The highest BCUT2D eigenvalue weighted by Crippen LogP contribution is 2.36. The third-order valence-corrected chi connectivity index (χ3v) is 2.54. The lowest BCUT2D eigenvalue weighted by molar-refractivity contribution is -0.535. The van der Waals surface area contributed by atoms with E-state index in [1.54, 1.807) is 0 Å². The predicted octanol–water partition coefficient (Wildman–Crippen LogP) is -1.14. The first-order valence-corrected chi connectivity index (χ1v) is 5.78. The Morgan fingerprint density at radius 1 is 1.00 bits per heavy atom. The maximum Gasteiger partial charge on any atom is 0.304 e. The number of fused-ring (bicyclic) bond motifs is 1. The molecule has 0 unspecified atom stereocenters. The van der Waals surface area contributed by atoms with Gasteiger partial charge in [-0.25, -0.2) is 24.9 Å². The molecule has 0 aromatic carbocycles. The molecule has 15 nitrogen and oxygen atoms in total. The molecule has 0 N–H and O–H groups in total. The number of hydrogen-bond donors (Lipinski definition) is 0. The molecule has 15 heteroatoms. The van der Waals surface area contributed by atoms with E-state index >= 15 is 0 Å². The number of ether oxygens (including phenoxy) is 2. The molecule has 124 valence electrons. The van der Waals surface area contributed by atoms with Crippen LogP contribution < -0.4 is 10.0 Å². The molecule has 2 rings (SSSR count). The van der Waals surface area contributed by atoms with Gasteiger partial charge in [0.2, 0.25) is 0 Å². The zero-order valence-electron chi connectivity index (χ0n) is 11.5. The first-order valence-electron chi connectivity index (χ1n) is 5.78. The molecule has 0 radical (unpaired) electrons. The zero-order chi connectivity index (χ0) is 17.3. The maximum atomic E-state index is 11.2. The van der Waals surface area contributed by atoms with Gasteiger partial charge >= 0.3 is 11.9 Å². The smallest absolute Gasteiger partial charge is 0.304 e. The third-order valence-electron chi connectivity index (χ3n) is 2.54. The molecule has 0 saturated heterocycles. The molecular formula is C8H8N6O9. The maximum absolute atomic E-state index is 11.2. The fourth-order valence-corrected chi connectivity index (χ4v) is 1.85. The van der Waals surface area contributed by atoms with Gasteiger partial charge in [-0.05, 0) is 20.3 Å². The van der Waals surface area contributed by atoms with E-state index in [0.717, 1.165) is 13.8 Å². The van der Waals surface area contributed by atoms with Gasteiger partial charge in [-0.15, -0.1) is 0 Å². The first kappa shape index (κ1) is 15.9. The Morgan fingerprint density at radius 3 is 1.61 bits per heavy atom. The summed E-state index contributed by atoms with van der Waals surface area (Å²) in [7, 11) is 0. The number of aromatic nitrogens is 2. The largest absolute Gasteiger partial charge is 0.429 e. The molecule has 23 heavy (non-hydrogen) atoms. The van der Waals surface area contributed by atoms with E-state index in [9.17, 15) is 29.8 Å². The van der Waals surface area contributed by atoms with Crippen LogP contribution in [0.5, 0.6) is 0 Å². The lowest BCUT2D eigenvalue weighted by atomic mass is 10.3. The van der Waals surface area contributed by atoms with E-state index in [1.807, 2.05) is 0 Å². The van der Waals surface area contributed by atoms with Gasteiger partial charge in [-0.3, -0.25) is 9.59 Å². The van der Waals surface area contributed by atoms with E-state index in [2.05, 4.69) is 14.9 Å². The summed E-state index contributed by atoms with van der Waals surface area (Å²) < 4.78 is 13.7. The minimum absolute atomic E-state index is 0.140. The molecule has 1 aliphatic rings. The summed E-state index contributed by atoms with van der Waals surface area (Å²) in [4.78, 5) is 44.8. The number of anilines is 2. The molecule has 2 atom stereocenters. The monoisotopic (exact) mass is 332 g/mol. The van der Waals surface area contributed by atoms with Gasteiger partial charge in [0, 0.05) is 13.8 Å². The summed E-state index contributed by atoms with van der Waals surface area (Å²) in [6, 6.07) is 0. The second kappa shape index (κ2) is 5.70. The van der Waals surface area contributed by atoms with Crippen LogP contribution in [-0.2, 0) is 19.1 Å². The first-order chi connectivity index (χ1) is 10.7. The third kappa shape index (κ3) is 2.78. The Labute approximate surface area is 125 Å². The number of hydrogen-bond acceptors (Lipinski definition) is 11. The number of carbonyl (C=O) groups excluding carboxylic acids is 2. The fraction of sp³-hybridized carbons (Fsp3) is 0.500. The highest BCUT2D eigenvalue weighted by atomic mass is 16.7. The molecule has 1 aromatic rings. The minimum Gasteiger partial charge on any atom is -0.429 e. The van der Waals surface area contributed by atoms with Crippen molar-refractivity contribution in [3.8, 4) is 0 Å². The molecule has 1 aliphatic heterocycles. The van der Waals surface area contributed by atoms with E-state index in [0.29, 0.717) is 0 Å². The summed E-state index contributed by atoms with van der Waals surface area (Å²) >= 11 is 0. The van der Waals surface area contributed by atoms with Crippen LogP contribution in [0.15, 0.2) is 4.63 Å². The quantitative estimate of drug-likeness (QED) is 0.366. The Hall–Kier alpha value is -3.52. The van der Waals surface area contributed by atoms with E-state index in [4.69, 9.17) is 9.47 Å². The summed E-state index contributed by atoms with van der Waals surface area (Å²) in [6.45, 7) is 1.83. The van der Waals surface area contributed by atoms with Crippen molar-refractivity contribution in [2.24, 2.45) is 0 Å². The summed E-state index contributed by atoms with van der Waals surface area (Å²) in [5.41, 5.74) is 0. The normalized spacial score (nSPS) is 19.7.